The van der Waals surface area contributed by atoms with Crippen LogP contribution in [0.5, 0.6) is 0 Å². The second kappa shape index (κ2) is 10.6. The van der Waals surface area contributed by atoms with Crippen LogP contribution >= 0.6 is 35.3 Å². The number of nitrogens with one attached hydrogen (secondary N) is 2. The average molecular weight is 505 g/mol. The first-order valence-electron chi connectivity index (χ1n) is 8.46. The molecular weight excluding hydrogens is 478 g/mol. The quantitative estimate of drug-likeness (QED) is 0.366. The number of hydrogen-bond donors (Lipinski definition) is 2. The lowest BCUT2D eigenvalue weighted by atomic mass is 9.92. The molecule has 2 atom stereocenters. The van der Waals surface area contributed by atoms with E-state index in [1.54, 1.807) is 7.05 Å². The largest absolute Gasteiger partial charge is 0.434 e. The topological polar surface area (TPSA) is 52.6 Å². The van der Waals surface area contributed by atoms with Crippen LogP contribution in [-0.2, 0) is 12.7 Å². The zero-order valence-corrected chi connectivity index (χ0v) is 18.4. The van der Waals surface area contributed by atoms with Crippen LogP contribution in [0.3, 0.4) is 0 Å². The summed E-state index contributed by atoms with van der Waals surface area (Å²) in [6.07, 6.45) is -3.11. The van der Waals surface area contributed by atoms with Crippen molar-refractivity contribution in [2.45, 2.75) is 33.0 Å². The Morgan fingerprint density at radius 3 is 2.50 bits per heavy atom. The number of rotatable bonds is 5. The first-order chi connectivity index (χ1) is 11.8. The van der Waals surface area contributed by atoms with Crippen LogP contribution in [0.1, 0.15) is 31.0 Å². The highest BCUT2D eigenvalue weighted by atomic mass is 127. The summed E-state index contributed by atoms with van der Waals surface area (Å²) in [5.41, 5.74) is -0.842. The summed E-state index contributed by atoms with van der Waals surface area (Å²) < 4.78 is 37.6. The molecule has 1 aromatic rings. The summed E-state index contributed by atoms with van der Waals surface area (Å²) in [6, 6.07) is 0. The minimum atomic E-state index is -4.39. The highest BCUT2D eigenvalue weighted by Crippen LogP contribution is 2.29. The second-order valence-electron chi connectivity index (χ2n) is 6.68. The molecule has 0 bridgehead atoms. The van der Waals surface area contributed by atoms with Gasteiger partial charge in [-0.05, 0) is 18.3 Å². The van der Waals surface area contributed by atoms with E-state index in [2.05, 4.69) is 39.4 Å². The highest BCUT2D eigenvalue weighted by molar-refractivity contribution is 14.0. The molecule has 150 valence electrons. The third-order valence-corrected chi connectivity index (χ3v) is 4.99. The molecule has 1 aliphatic heterocycles. The van der Waals surface area contributed by atoms with Crippen molar-refractivity contribution in [3.63, 3.8) is 0 Å². The number of alkyl halides is 3. The van der Waals surface area contributed by atoms with Gasteiger partial charge in [-0.2, -0.15) is 13.2 Å². The molecule has 2 heterocycles. The van der Waals surface area contributed by atoms with E-state index in [-0.39, 0.29) is 30.5 Å². The number of piperidine rings is 1. The van der Waals surface area contributed by atoms with Crippen LogP contribution in [0.2, 0.25) is 0 Å². The zero-order chi connectivity index (χ0) is 18.4. The molecular formula is C16H27F3IN5S. The molecule has 0 amide bonds. The van der Waals surface area contributed by atoms with Crippen LogP contribution in [0, 0.1) is 11.8 Å². The van der Waals surface area contributed by atoms with Gasteiger partial charge in [-0.15, -0.1) is 35.3 Å². The lowest BCUT2D eigenvalue weighted by Gasteiger charge is -2.35. The van der Waals surface area contributed by atoms with E-state index >= 15 is 0 Å². The minimum absolute atomic E-state index is 0. The molecule has 0 spiro atoms. The monoisotopic (exact) mass is 505 g/mol. The normalized spacial score (nSPS) is 22.0. The third kappa shape index (κ3) is 7.55. The first-order valence-corrected chi connectivity index (χ1v) is 9.34. The van der Waals surface area contributed by atoms with Gasteiger partial charge in [0, 0.05) is 38.6 Å². The molecule has 0 saturated carbocycles. The molecule has 10 heteroatoms. The molecule has 1 aromatic heterocycles. The Hall–Kier alpha value is -0.620. The summed E-state index contributed by atoms with van der Waals surface area (Å²) in [4.78, 5) is 10.1. The molecule has 0 aromatic carbocycles. The average Bonchev–Trinajstić information content (AvgIpc) is 2.99. The predicted molar refractivity (Wildman–Crippen MR) is 110 cm³/mol. The van der Waals surface area contributed by atoms with E-state index in [9.17, 15) is 13.2 Å². The van der Waals surface area contributed by atoms with E-state index in [1.165, 1.54) is 6.42 Å². The van der Waals surface area contributed by atoms with Crippen molar-refractivity contribution in [2.75, 3.05) is 33.2 Å². The van der Waals surface area contributed by atoms with Crippen molar-refractivity contribution in [3.8, 4) is 0 Å². The number of halogens is 4. The third-order valence-electron chi connectivity index (χ3n) is 4.14. The number of likely N-dealkylation sites (tertiary alicyclic amines) is 1. The Morgan fingerprint density at radius 2 is 1.96 bits per heavy atom. The highest BCUT2D eigenvalue weighted by Gasteiger charge is 2.33. The fourth-order valence-electron chi connectivity index (χ4n) is 3.21. The van der Waals surface area contributed by atoms with Crippen molar-refractivity contribution in [2.24, 2.45) is 16.8 Å². The van der Waals surface area contributed by atoms with E-state index < -0.39 is 11.9 Å². The molecule has 5 nitrogen and oxygen atoms in total. The van der Waals surface area contributed by atoms with Gasteiger partial charge in [0.2, 0.25) is 0 Å². The molecule has 26 heavy (non-hydrogen) atoms. The first kappa shape index (κ1) is 23.4. The van der Waals surface area contributed by atoms with Crippen LogP contribution in [0.25, 0.3) is 0 Å². The van der Waals surface area contributed by atoms with Crippen LogP contribution in [-0.4, -0.2) is 49.1 Å². The number of hydrogen-bond acceptors (Lipinski definition) is 4. The van der Waals surface area contributed by atoms with Gasteiger partial charge in [0.05, 0.1) is 6.54 Å². The van der Waals surface area contributed by atoms with E-state index in [0.29, 0.717) is 22.8 Å². The smallest absolute Gasteiger partial charge is 0.355 e. The number of aliphatic imine (C=N–C) groups is 1. The Balaban J connectivity index is 0.00000338. The number of thiazole rings is 1. The van der Waals surface area contributed by atoms with Crippen molar-refractivity contribution in [1.82, 2.24) is 20.5 Å². The Kier molecular flexibility index (Phi) is 9.59. The van der Waals surface area contributed by atoms with Crippen molar-refractivity contribution in [1.29, 1.82) is 0 Å². The molecule has 1 fully saturated rings. The van der Waals surface area contributed by atoms with Gasteiger partial charge in [-0.1, -0.05) is 13.8 Å². The van der Waals surface area contributed by atoms with Gasteiger partial charge in [-0.3, -0.25) is 4.99 Å². The fourth-order valence-corrected chi connectivity index (χ4v) is 3.95. The van der Waals surface area contributed by atoms with Crippen molar-refractivity contribution in [3.05, 3.63) is 16.1 Å². The number of nitrogens with zero attached hydrogens (tertiary/aromatic N) is 3. The Labute approximate surface area is 173 Å². The lowest BCUT2D eigenvalue weighted by Crippen LogP contribution is -2.45. The van der Waals surface area contributed by atoms with Gasteiger partial charge in [0.15, 0.2) is 11.7 Å². The van der Waals surface area contributed by atoms with Crippen LogP contribution < -0.4 is 10.6 Å². The van der Waals surface area contributed by atoms with E-state index in [0.717, 1.165) is 42.9 Å². The summed E-state index contributed by atoms with van der Waals surface area (Å²) in [6.45, 7) is 8.65. The Morgan fingerprint density at radius 1 is 1.31 bits per heavy atom. The van der Waals surface area contributed by atoms with E-state index in [4.69, 9.17) is 0 Å². The number of aromatic nitrogens is 1. The molecule has 1 aliphatic rings. The molecule has 2 N–H and O–H groups in total. The maximum absolute atomic E-state index is 12.5. The SMILES string of the molecule is CN=C(NCCN1CC(C)CC(C)C1)NCc1nc(C(F)(F)F)cs1.I. The lowest BCUT2D eigenvalue weighted by molar-refractivity contribution is -0.140. The van der Waals surface area contributed by atoms with Gasteiger partial charge in [-0.25, -0.2) is 4.98 Å². The summed E-state index contributed by atoms with van der Waals surface area (Å²) in [5, 5.41) is 7.63. The van der Waals surface area contributed by atoms with Gasteiger partial charge in [0.1, 0.15) is 5.01 Å². The molecule has 2 unspecified atom stereocenters. The minimum Gasteiger partial charge on any atom is -0.355 e. The van der Waals surface area contributed by atoms with Gasteiger partial charge in [0.25, 0.3) is 0 Å². The standard InChI is InChI=1S/C16H26F3N5S.HI/c1-11-6-12(2)9-24(8-11)5-4-21-15(20-3)22-7-14-23-13(10-25-14)16(17,18)19;/h10-12H,4-9H2,1-3H3,(H2,20,21,22);1H. The van der Waals surface area contributed by atoms with Crippen molar-refractivity contribution >= 4 is 41.3 Å². The Bertz CT molecular complexity index is 568. The number of guanidine groups is 1. The van der Waals surface area contributed by atoms with Gasteiger partial charge >= 0.3 is 6.18 Å². The maximum Gasteiger partial charge on any atom is 0.434 e. The molecule has 0 radical (unpaired) electrons. The summed E-state index contributed by atoms with van der Waals surface area (Å²) in [5.74, 6) is 2.00. The summed E-state index contributed by atoms with van der Waals surface area (Å²) >= 11 is 0.991. The maximum atomic E-state index is 12.5. The molecule has 2 rings (SSSR count). The summed E-state index contributed by atoms with van der Waals surface area (Å²) in [7, 11) is 1.64. The zero-order valence-electron chi connectivity index (χ0n) is 15.3. The van der Waals surface area contributed by atoms with Crippen LogP contribution in [0.4, 0.5) is 13.2 Å². The van der Waals surface area contributed by atoms with Gasteiger partial charge < -0.3 is 15.5 Å². The second-order valence-corrected chi connectivity index (χ2v) is 7.63. The fraction of sp³-hybridized carbons (Fsp3) is 0.750. The van der Waals surface area contributed by atoms with E-state index in [1.807, 2.05) is 0 Å². The molecule has 1 saturated heterocycles. The molecule has 0 aliphatic carbocycles. The van der Waals surface area contributed by atoms with Crippen LogP contribution in [0.15, 0.2) is 10.4 Å². The van der Waals surface area contributed by atoms with Crippen molar-refractivity contribution < 1.29 is 13.2 Å². The predicted octanol–water partition coefficient (Wildman–Crippen LogP) is 3.42.